The van der Waals surface area contributed by atoms with Crippen LogP contribution in [0.1, 0.15) is 32.1 Å². The van der Waals surface area contributed by atoms with Crippen LogP contribution in [-0.4, -0.2) is 42.9 Å². The third-order valence-electron chi connectivity index (χ3n) is 2.95. The van der Waals surface area contributed by atoms with E-state index in [1.165, 1.54) is 0 Å². The minimum atomic E-state index is -0.919. The molecule has 0 saturated heterocycles. The monoisotopic (exact) mass is 244 g/mol. The van der Waals surface area contributed by atoms with E-state index < -0.39 is 5.97 Å². The Morgan fingerprint density at radius 1 is 1.35 bits per heavy atom. The van der Waals surface area contributed by atoms with Crippen LogP contribution in [0.4, 0.5) is 4.79 Å². The Hall–Kier alpha value is -1.30. The minimum absolute atomic E-state index is 0.0265. The summed E-state index contributed by atoms with van der Waals surface area (Å²) >= 11 is 0. The third-order valence-corrected chi connectivity index (χ3v) is 2.95. The van der Waals surface area contributed by atoms with E-state index in [1.54, 1.807) is 7.11 Å². The molecule has 0 spiro atoms. The molecule has 17 heavy (non-hydrogen) atoms. The molecule has 1 aliphatic carbocycles. The van der Waals surface area contributed by atoms with Gasteiger partial charge in [0.25, 0.3) is 0 Å². The lowest BCUT2D eigenvalue weighted by Gasteiger charge is -2.30. The van der Waals surface area contributed by atoms with Crippen molar-refractivity contribution in [2.24, 2.45) is 0 Å². The minimum Gasteiger partial charge on any atom is -0.481 e. The second-order valence-electron chi connectivity index (χ2n) is 4.21. The van der Waals surface area contributed by atoms with E-state index in [0.717, 1.165) is 25.7 Å². The first-order valence-electron chi connectivity index (χ1n) is 5.92. The Morgan fingerprint density at radius 3 is 2.71 bits per heavy atom. The lowest BCUT2D eigenvalue weighted by molar-refractivity contribution is -0.136. The number of methoxy groups -OCH3 is 1. The van der Waals surface area contributed by atoms with Gasteiger partial charge in [-0.1, -0.05) is 12.8 Å². The summed E-state index contributed by atoms with van der Waals surface area (Å²) in [6.45, 7) is 0.144. The van der Waals surface area contributed by atoms with Crippen molar-refractivity contribution in [1.82, 2.24) is 10.6 Å². The molecule has 0 aromatic rings. The summed E-state index contributed by atoms with van der Waals surface area (Å²) < 4.78 is 5.31. The molecule has 6 heteroatoms. The highest BCUT2D eigenvalue weighted by molar-refractivity contribution is 5.75. The van der Waals surface area contributed by atoms with Crippen molar-refractivity contribution in [3.63, 3.8) is 0 Å². The first kappa shape index (κ1) is 13.8. The van der Waals surface area contributed by atoms with Crippen LogP contribution in [0.2, 0.25) is 0 Å². The summed E-state index contributed by atoms with van der Waals surface area (Å²) in [7, 11) is 1.65. The van der Waals surface area contributed by atoms with Crippen LogP contribution < -0.4 is 10.6 Å². The number of amides is 2. The van der Waals surface area contributed by atoms with E-state index in [2.05, 4.69) is 10.6 Å². The van der Waals surface area contributed by atoms with Gasteiger partial charge in [-0.3, -0.25) is 4.79 Å². The van der Waals surface area contributed by atoms with Crippen LogP contribution in [0.25, 0.3) is 0 Å². The Morgan fingerprint density at radius 2 is 2.06 bits per heavy atom. The molecule has 0 bridgehead atoms. The smallest absolute Gasteiger partial charge is 0.315 e. The molecular formula is C11H20N2O4. The molecule has 1 saturated carbocycles. The Bertz CT molecular complexity index is 270. The van der Waals surface area contributed by atoms with Gasteiger partial charge in [-0.05, 0) is 12.8 Å². The molecular weight excluding hydrogens is 224 g/mol. The van der Waals surface area contributed by atoms with Gasteiger partial charge in [0.15, 0.2) is 0 Å². The van der Waals surface area contributed by atoms with Gasteiger partial charge in [0.1, 0.15) is 0 Å². The molecule has 0 aromatic carbocycles. The van der Waals surface area contributed by atoms with Crippen molar-refractivity contribution >= 4 is 12.0 Å². The number of carbonyl (C=O) groups is 2. The summed E-state index contributed by atoms with van der Waals surface area (Å²) in [4.78, 5) is 21.8. The van der Waals surface area contributed by atoms with E-state index in [1.807, 2.05) is 0 Å². The molecule has 3 N–H and O–H groups in total. The predicted octanol–water partition coefficient (Wildman–Crippen LogP) is 0.718. The summed E-state index contributed by atoms with van der Waals surface area (Å²) in [6, 6.07) is -0.293. The molecule has 1 aliphatic rings. The molecule has 2 amide bonds. The molecule has 0 aromatic heterocycles. The normalized spacial score (nSPS) is 24.1. The molecule has 1 rings (SSSR count). The fourth-order valence-electron chi connectivity index (χ4n) is 2.05. The fraction of sp³-hybridized carbons (Fsp3) is 0.818. The quantitative estimate of drug-likeness (QED) is 0.665. The molecule has 6 nitrogen and oxygen atoms in total. The maximum Gasteiger partial charge on any atom is 0.315 e. The molecule has 0 radical (unpaired) electrons. The molecule has 2 atom stereocenters. The number of hydrogen-bond donors (Lipinski definition) is 3. The summed E-state index contributed by atoms with van der Waals surface area (Å²) in [6.07, 6.45) is 4.07. The number of carbonyl (C=O) groups excluding carboxylic acids is 1. The van der Waals surface area contributed by atoms with E-state index in [-0.39, 0.29) is 31.1 Å². The van der Waals surface area contributed by atoms with Crippen LogP contribution in [0.15, 0.2) is 0 Å². The predicted molar refractivity (Wildman–Crippen MR) is 61.8 cm³/mol. The van der Waals surface area contributed by atoms with Crippen molar-refractivity contribution in [3.8, 4) is 0 Å². The second kappa shape index (κ2) is 7.11. The van der Waals surface area contributed by atoms with Gasteiger partial charge in [-0.15, -0.1) is 0 Å². The molecule has 1 fully saturated rings. The highest BCUT2D eigenvalue weighted by Gasteiger charge is 2.25. The zero-order valence-corrected chi connectivity index (χ0v) is 10.1. The fourth-order valence-corrected chi connectivity index (χ4v) is 2.05. The number of carboxylic acids is 1. The van der Waals surface area contributed by atoms with Crippen molar-refractivity contribution in [2.45, 2.75) is 44.2 Å². The standard InChI is InChI=1S/C11H20N2O4/c1-17-9-5-3-2-4-8(9)13-11(16)12-7-6-10(14)15/h8-9H,2-7H2,1H3,(H,14,15)(H2,12,13,16)/t8-,9-/m0/s1. The second-order valence-corrected chi connectivity index (χ2v) is 4.21. The number of nitrogens with one attached hydrogen (secondary N) is 2. The number of ether oxygens (including phenoxy) is 1. The number of carboxylic acid groups (broad SMARTS) is 1. The Kier molecular flexibility index (Phi) is 5.76. The number of urea groups is 1. The van der Waals surface area contributed by atoms with E-state index >= 15 is 0 Å². The zero-order chi connectivity index (χ0) is 12.7. The van der Waals surface area contributed by atoms with Crippen LogP contribution in [0, 0.1) is 0 Å². The first-order chi connectivity index (χ1) is 8.13. The SMILES string of the molecule is CO[C@H]1CCCC[C@@H]1NC(=O)NCCC(=O)O. The first-order valence-corrected chi connectivity index (χ1v) is 5.92. The average molecular weight is 244 g/mol. The lowest BCUT2D eigenvalue weighted by atomic mass is 9.92. The van der Waals surface area contributed by atoms with Gasteiger partial charge >= 0.3 is 12.0 Å². The Balaban J connectivity index is 2.26. The van der Waals surface area contributed by atoms with Gasteiger partial charge in [0.2, 0.25) is 0 Å². The van der Waals surface area contributed by atoms with Crippen LogP contribution >= 0.6 is 0 Å². The largest absolute Gasteiger partial charge is 0.481 e. The molecule has 98 valence electrons. The van der Waals surface area contributed by atoms with E-state index in [9.17, 15) is 9.59 Å². The van der Waals surface area contributed by atoms with E-state index in [4.69, 9.17) is 9.84 Å². The van der Waals surface area contributed by atoms with Gasteiger partial charge in [-0.25, -0.2) is 4.79 Å². The average Bonchev–Trinajstić information content (AvgIpc) is 2.29. The number of hydrogen-bond acceptors (Lipinski definition) is 3. The molecule has 0 aliphatic heterocycles. The topological polar surface area (TPSA) is 87.7 Å². The summed E-state index contributed by atoms with van der Waals surface area (Å²) in [5.41, 5.74) is 0. The highest BCUT2D eigenvalue weighted by Crippen LogP contribution is 2.20. The summed E-state index contributed by atoms with van der Waals surface area (Å²) in [5.74, 6) is -0.919. The highest BCUT2D eigenvalue weighted by atomic mass is 16.5. The summed E-state index contributed by atoms with van der Waals surface area (Å²) in [5, 5.41) is 13.8. The van der Waals surface area contributed by atoms with Gasteiger partial charge < -0.3 is 20.5 Å². The van der Waals surface area contributed by atoms with Crippen molar-refractivity contribution in [3.05, 3.63) is 0 Å². The lowest BCUT2D eigenvalue weighted by Crippen LogP contribution is -2.49. The number of aliphatic carboxylic acids is 1. The third kappa shape index (κ3) is 5.04. The molecule has 0 unspecified atom stereocenters. The van der Waals surface area contributed by atoms with Crippen LogP contribution in [0.5, 0.6) is 0 Å². The van der Waals surface area contributed by atoms with E-state index in [0.29, 0.717) is 0 Å². The van der Waals surface area contributed by atoms with Gasteiger partial charge in [0, 0.05) is 13.7 Å². The van der Waals surface area contributed by atoms with Gasteiger partial charge in [0.05, 0.1) is 18.6 Å². The maximum atomic E-state index is 11.5. The van der Waals surface area contributed by atoms with Crippen LogP contribution in [0.3, 0.4) is 0 Å². The van der Waals surface area contributed by atoms with Crippen LogP contribution in [-0.2, 0) is 9.53 Å². The Labute approximate surface area is 101 Å². The van der Waals surface area contributed by atoms with Gasteiger partial charge in [-0.2, -0.15) is 0 Å². The van der Waals surface area contributed by atoms with Crippen molar-refractivity contribution < 1.29 is 19.4 Å². The van der Waals surface area contributed by atoms with Crippen molar-refractivity contribution in [1.29, 1.82) is 0 Å². The number of rotatable bonds is 5. The molecule has 0 heterocycles. The van der Waals surface area contributed by atoms with Crippen molar-refractivity contribution in [2.75, 3.05) is 13.7 Å². The zero-order valence-electron chi connectivity index (χ0n) is 10.1. The maximum absolute atomic E-state index is 11.5.